The van der Waals surface area contributed by atoms with E-state index >= 15 is 0 Å². The van der Waals surface area contributed by atoms with Gasteiger partial charge in [0.15, 0.2) is 0 Å². The maximum absolute atomic E-state index is 12.2. The number of nitrogens with zero attached hydrogens (tertiary/aromatic N) is 1. The number of likely N-dealkylation sites (tertiary alicyclic amines) is 1. The van der Waals surface area contributed by atoms with Crippen molar-refractivity contribution >= 4 is 17.7 Å². The second-order valence-electron chi connectivity index (χ2n) is 5.44. The van der Waals surface area contributed by atoms with E-state index in [-0.39, 0.29) is 11.9 Å². The third-order valence-corrected chi connectivity index (χ3v) is 4.72. The molecule has 1 unspecified atom stereocenters. The molecule has 3 nitrogen and oxygen atoms in total. The summed E-state index contributed by atoms with van der Waals surface area (Å²) < 4.78 is 0. The molecular weight excluding hydrogens is 268 g/mol. The average molecular weight is 292 g/mol. The van der Waals surface area contributed by atoms with E-state index in [0.29, 0.717) is 5.75 Å². The lowest BCUT2D eigenvalue weighted by molar-refractivity contribution is -0.128. The summed E-state index contributed by atoms with van der Waals surface area (Å²) in [6.45, 7) is 3.84. The van der Waals surface area contributed by atoms with Crippen molar-refractivity contribution in [1.29, 1.82) is 0 Å². The third kappa shape index (κ3) is 4.53. The minimum absolute atomic E-state index is 0.0628. The maximum Gasteiger partial charge on any atom is 0.232 e. The minimum atomic E-state index is 0.0628. The molecule has 1 atom stereocenters. The Labute approximate surface area is 125 Å². The molecular formula is C16H24N2OS. The summed E-state index contributed by atoms with van der Waals surface area (Å²) in [5.74, 6) is 0.811. The number of hydrogen-bond acceptors (Lipinski definition) is 3. The average Bonchev–Trinajstić information content (AvgIpc) is 2.74. The number of hydrogen-bond donors (Lipinski definition) is 1. The molecule has 0 saturated carbocycles. The number of rotatable bonds is 4. The van der Waals surface area contributed by atoms with Crippen molar-refractivity contribution in [3.63, 3.8) is 0 Å². The number of nitrogens with two attached hydrogens (primary N) is 1. The first-order valence-corrected chi connectivity index (χ1v) is 8.41. The van der Waals surface area contributed by atoms with Crippen LogP contribution in [0.15, 0.2) is 29.2 Å². The molecule has 2 N–H and O–H groups in total. The first kappa shape index (κ1) is 15.4. The molecule has 110 valence electrons. The van der Waals surface area contributed by atoms with Gasteiger partial charge >= 0.3 is 0 Å². The molecule has 20 heavy (non-hydrogen) atoms. The second-order valence-corrected chi connectivity index (χ2v) is 6.49. The van der Waals surface area contributed by atoms with Crippen LogP contribution in [0, 0.1) is 0 Å². The van der Waals surface area contributed by atoms with Crippen LogP contribution in [-0.4, -0.2) is 29.6 Å². The molecule has 2 rings (SSSR count). The SMILES string of the molecule is CC(N)c1ccc(SCC(=O)N2CCCCCC2)cc1. The lowest BCUT2D eigenvalue weighted by atomic mass is 10.1. The minimum Gasteiger partial charge on any atom is -0.342 e. The van der Waals surface area contributed by atoms with Gasteiger partial charge in [-0.15, -0.1) is 11.8 Å². The van der Waals surface area contributed by atoms with E-state index in [2.05, 4.69) is 12.1 Å². The van der Waals surface area contributed by atoms with Crippen molar-refractivity contribution in [2.75, 3.05) is 18.8 Å². The predicted octanol–water partition coefficient (Wildman–Crippen LogP) is 3.20. The van der Waals surface area contributed by atoms with Crippen molar-refractivity contribution in [3.05, 3.63) is 29.8 Å². The fourth-order valence-electron chi connectivity index (χ4n) is 2.42. The van der Waals surface area contributed by atoms with Crippen molar-refractivity contribution < 1.29 is 4.79 Å². The van der Waals surface area contributed by atoms with E-state index in [1.54, 1.807) is 11.8 Å². The number of benzene rings is 1. The lowest BCUT2D eigenvalue weighted by Gasteiger charge is -2.20. The Kier molecular flexibility index (Phi) is 5.92. The van der Waals surface area contributed by atoms with Gasteiger partial charge in [0.2, 0.25) is 5.91 Å². The van der Waals surface area contributed by atoms with Crippen molar-refractivity contribution in [3.8, 4) is 0 Å². The molecule has 0 aliphatic carbocycles. The molecule has 1 amide bonds. The van der Waals surface area contributed by atoms with Gasteiger partial charge in [0.1, 0.15) is 0 Å². The zero-order valence-corrected chi connectivity index (χ0v) is 13.0. The molecule has 1 aromatic carbocycles. The summed E-state index contributed by atoms with van der Waals surface area (Å²) in [4.78, 5) is 15.3. The highest BCUT2D eigenvalue weighted by molar-refractivity contribution is 8.00. The zero-order chi connectivity index (χ0) is 14.4. The molecule has 0 spiro atoms. The van der Waals surface area contributed by atoms with E-state index in [1.165, 1.54) is 12.8 Å². The fraction of sp³-hybridized carbons (Fsp3) is 0.562. The van der Waals surface area contributed by atoms with Crippen molar-refractivity contribution in [1.82, 2.24) is 4.90 Å². The van der Waals surface area contributed by atoms with E-state index in [0.717, 1.165) is 36.4 Å². The van der Waals surface area contributed by atoms with Gasteiger partial charge in [-0.25, -0.2) is 0 Å². The first-order valence-electron chi connectivity index (χ1n) is 7.43. The second kappa shape index (κ2) is 7.70. The topological polar surface area (TPSA) is 46.3 Å². The van der Waals surface area contributed by atoms with Crippen LogP contribution in [0.25, 0.3) is 0 Å². The van der Waals surface area contributed by atoms with Crippen LogP contribution in [0.3, 0.4) is 0 Å². The van der Waals surface area contributed by atoms with E-state index in [4.69, 9.17) is 5.73 Å². The molecule has 1 aromatic rings. The molecule has 1 heterocycles. The quantitative estimate of drug-likeness (QED) is 0.867. The van der Waals surface area contributed by atoms with Crippen LogP contribution in [0.5, 0.6) is 0 Å². The summed E-state index contributed by atoms with van der Waals surface area (Å²) >= 11 is 1.62. The first-order chi connectivity index (χ1) is 9.66. The number of carbonyl (C=O) groups excluding carboxylic acids is 1. The Bertz CT molecular complexity index is 423. The van der Waals surface area contributed by atoms with Gasteiger partial charge < -0.3 is 10.6 Å². The summed E-state index contributed by atoms with van der Waals surface area (Å²) in [6.07, 6.45) is 4.82. The van der Waals surface area contributed by atoms with Crippen LogP contribution in [0.2, 0.25) is 0 Å². The number of amides is 1. The van der Waals surface area contributed by atoms with Crippen molar-refractivity contribution in [2.24, 2.45) is 5.73 Å². The Morgan fingerprint density at radius 1 is 1.20 bits per heavy atom. The smallest absolute Gasteiger partial charge is 0.232 e. The van der Waals surface area contributed by atoms with Crippen LogP contribution < -0.4 is 5.73 Å². The van der Waals surface area contributed by atoms with E-state index < -0.39 is 0 Å². The van der Waals surface area contributed by atoms with Crippen LogP contribution in [-0.2, 0) is 4.79 Å². The standard InChI is InChI=1S/C16H24N2OS/c1-13(17)14-6-8-15(9-7-14)20-12-16(19)18-10-4-2-3-5-11-18/h6-9,13H,2-5,10-12,17H2,1H3. The van der Waals surface area contributed by atoms with Gasteiger partial charge in [-0.2, -0.15) is 0 Å². The van der Waals surface area contributed by atoms with Crippen LogP contribution in [0.4, 0.5) is 0 Å². The van der Waals surface area contributed by atoms with Gasteiger partial charge in [0.25, 0.3) is 0 Å². The number of thioether (sulfide) groups is 1. The van der Waals surface area contributed by atoms with Gasteiger partial charge in [-0.05, 0) is 37.5 Å². The number of carbonyl (C=O) groups is 1. The van der Waals surface area contributed by atoms with Crippen molar-refractivity contribution in [2.45, 2.75) is 43.5 Å². The van der Waals surface area contributed by atoms with E-state index in [1.807, 2.05) is 24.0 Å². The van der Waals surface area contributed by atoms with Gasteiger partial charge in [0, 0.05) is 24.0 Å². The molecule has 0 bridgehead atoms. The van der Waals surface area contributed by atoms with Crippen LogP contribution >= 0.6 is 11.8 Å². The Hall–Kier alpha value is -1.00. The summed E-state index contributed by atoms with van der Waals surface area (Å²) in [5.41, 5.74) is 6.96. The summed E-state index contributed by atoms with van der Waals surface area (Å²) in [5, 5.41) is 0. The Morgan fingerprint density at radius 2 is 1.80 bits per heavy atom. The van der Waals surface area contributed by atoms with Gasteiger partial charge in [0.05, 0.1) is 5.75 Å². The lowest BCUT2D eigenvalue weighted by Crippen LogP contribution is -2.33. The molecule has 1 aliphatic rings. The molecule has 4 heteroatoms. The summed E-state index contributed by atoms with van der Waals surface area (Å²) in [7, 11) is 0. The van der Waals surface area contributed by atoms with Crippen LogP contribution in [0.1, 0.15) is 44.2 Å². The molecule has 0 aromatic heterocycles. The Balaban J connectivity index is 1.83. The monoisotopic (exact) mass is 292 g/mol. The maximum atomic E-state index is 12.2. The normalized spacial score (nSPS) is 17.6. The molecule has 1 fully saturated rings. The third-order valence-electron chi connectivity index (χ3n) is 3.73. The van der Waals surface area contributed by atoms with Gasteiger partial charge in [-0.1, -0.05) is 25.0 Å². The molecule has 1 saturated heterocycles. The molecule has 1 aliphatic heterocycles. The highest BCUT2D eigenvalue weighted by Crippen LogP contribution is 2.21. The highest BCUT2D eigenvalue weighted by atomic mass is 32.2. The zero-order valence-electron chi connectivity index (χ0n) is 12.2. The predicted molar refractivity (Wildman–Crippen MR) is 84.8 cm³/mol. The fourth-order valence-corrected chi connectivity index (χ4v) is 3.23. The summed E-state index contributed by atoms with van der Waals surface area (Å²) in [6, 6.07) is 8.26. The van der Waals surface area contributed by atoms with E-state index in [9.17, 15) is 4.79 Å². The van der Waals surface area contributed by atoms with Gasteiger partial charge in [-0.3, -0.25) is 4.79 Å². The largest absolute Gasteiger partial charge is 0.342 e. The Morgan fingerprint density at radius 3 is 2.35 bits per heavy atom. The highest BCUT2D eigenvalue weighted by Gasteiger charge is 2.15. The molecule has 0 radical (unpaired) electrons.